The van der Waals surface area contributed by atoms with Gasteiger partial charge in [0.2, 0.25) is 11.7 Å². The zero-order valence-electron chi connectivity index (χ0n) is 14.3. The number of aryl methyl sites for hydroxylation is 1. The van der Waals surface area contributed by atoms with Crippen molar-refractivity contribution in [3.63, 3.8) is 0 Å². The van der Waals surface area contributed by atoms with Crippen LogP contribution in [0, 0.1) is 6.92 Å². The molecule has 0 saturated carbocycles. The van der Waals surface area contributed by atoms with Gasteiger partial charge >= 0.3 is 0 Å². The molecule has 0 atom stereocenters. The Morgan fingerprint density at radius 3 is 2.80 bits per heavy atom. The molecule has 0 bridgehead atoms. The molecule has 0 aliphatic rings. The summed E-state index contributed by atoms with van der Waals surface area (Å²) in [7, 11) is 1.99. The minimum atomic E-state index is 0.544. The van der Waals surface area contributed by atoms with Crippen LogP contribution in [-0.4, -0.2) is 35.2 Å². The van der Waals surface area contributed by atoms with Crippen molar-refractivity contribution < 1.29 is 9.26 Å². The SMILES string of the molecule is Cc1ccccc1OCCN(C)Cc1nc(-c2cccc(Cl)c2)no1. The number of rotatable bonds is 7. The van der Waals surface area contributed by atoms with Gasteiger partial charge in [-0.1, -0.05) is 47.1 Å². The normalized spacial score (nSPS) is 11.0. The fraction of sp³-hybridized carbons (Fsp3) is 0.263. The molecular formula is C19H20ClN3O2. The van der Waals surface area contributed by atoms with Crippen molar-refractivity contribution in [1.29, 1.82) is 0 Å². The highest BCUT2D eigenvalue weighted by atomic mass is 35.5. The third-order valence-corrected chi connectivity index (χ3v) is 4.02. The van der Waals surface area contributed by atoms with Crippen LogP contribution in [0.3, 0.4) is 0 Å². The average molecular weight is 358 g/mol. The van der Waals surface area contributed by atoms with Crippen LogP contribution in [0.25, 0.3) is 11.4 Å². The largest absolute Gasteiger partial charge is 0.492 e. The van der Waals surface area contributed by atoms with E-state index in [2.05, 4.69) is 15.0 Å². The van der Waals surface area contributed by atoms with Crippen LogP contribution in [-0.2, 0) is 6.54 Å². The van der Waals surface area contributed by atoms with E-state index in [1.807, 2.05) is 62.5 Å². The molecule has 0 aliphatic heterocycles. The van der Waals surface area contributed by atoms with Gasteiger partial charge in [0, 0.05) is 17.1 Å². The van der Waals surface area contributed by atoms with Crippen molar-refractivity contribution >= 4 is 11.6 Å². The maximum Gasteiger partial charge on any atom is 0.241 e. The second-order valence-corrected chi connectivity index (χ2v) is 6.31. The Kier molecular flexibility index (Phi) is 5.68. The summed E-state index contributed by atoms with van der Waals surface area (Å²) in [6.07, 6.45) is 0. The number of hydrogen-bond acceptors (Lipinski definition) is 5. The quantitative estimate of drug-likeness (QED) is 0.634. The fourth-order valence-electron chi connectivity index (χ4n) is 2.40. The molecule has 0 N–H and O–H groups in total. The van der Waals surface area contributed by atoms with Gasteiger partial charge in [-0.25, -0.2) is 0 Å². The Labute approximate surface area is 152 Å². The van der Waals surface area contributed by atoms with Gasteiger partial charge in [-0.15, -0.1) is 0 Å². The number of ether oxygens (including phenoxy) is 1. The van der Waals surface area contributed by atoms with E-state index in [-0.39, 0.29) is 0 Å². The molecule has 3 aromatic rings. The molecule has 0 amide bonds. The summed E-state index contributed by atoms with van der Waals surface area (Å²) in [4.78, 5) is 6.50. The number of para-hydroxylation sites is 1. The number of benzene rings is 2. The van der Waals surface area contributed by atoms with Crippen LogP contribution in [0.2, 0.25) is 5.02 Å². The molecule has 0 fully saturated rings. The second kappa shape index (κ2) is 8.14. The first-order valence-corrected chi connectivity index (χ1v) is 8.45. The molecule has 1 heterocycles. The average Bonchev–Trinajstić information content (AvgIpc) is 3.05. The first-order valence-electron chi connectivity index (χ1n) is 8.07. The Bertz CT molecular complexity index is 835. The number of aromatic nitrogens is 2. The summed E-state index contributed by atoms with van der Waals surface area (Å²) in [6, 6.07) is 15.4. The number of halogens is 1. The highest BCUT2D eigenvalue weighted by Crippen LogP contribution is 2.20. The molecule has 2 aromatic carbocycles. The Hall–Kier alpha value is -2.37. The van der Waals surface area contributed by atoms with Crippen molar-refractivity contribution in [1.82, 2.24) is 15.0 Å². The monoisotopic (exact) mass is 357 g/mol. The minimum absolute atomic E-state index is 0.544. The lowest BCUT2D eigenvalue weighted by molar-refractivity contribution is 0.212. The Balaban J connectivity index is 1.52. The van der Waals surface area contributed by atoms with Crippen molar-refractivity contribution in [2.75, 3.05) is 20.2 Å². The van der Waals surface area contributed by atoms with E-state index < -0.39 is 0 Å². The van der Waals surface area contributed by atoms with Crippen LogP contribution in [0.15, 0.2) is 53.1 Å². The molecule has 0 saturated heterocycles. The van der Waals surface area contributed by atoms with Crippen molar-refractivity contribution in [3.8, 4) is 17.1 Å². The van der Waals surface area contributed by atoms with Crippen LogP contribution < -0.4 is 4.74 Å². The second-order valence-electron chi connectivity index (χ2n) is 5.87. The third kappa shape index (κ3) is 4.81. The highest BCUT2D eigenvalue weighted by Gasteiger charge is 2.11. The third-order valence-electron chi connectivity index (χ3n) is 3.78. The molecule has 130 valence electrons. The van der Waals surface area contributed by atoms with Crippen molar-refractivity contribution in [2.45, 2.75) is 13.5 Å². The number of hydrogen-bond donors (Lipinski definition) is 0. The summed E-state index contributed by atoms with van der Waals surface area (Å²) in [5.41, 5.74) is 1.97. The number of likely N-dealkylation sites (N-methyl/N-ethyl adjacent to an activating group) is 1. The summed E-state index contributed by atoms with van der Waals surface area (Å²) in [5.74, 6) is 2.02. The lowest BCUT2D eigenvalue weighted by atomic mass is 10.2. The minimum Gasteiger partial charge on any atom is -0.492 e. The predicted molar refractivity (Wildman–Crippen MR) is 97.8 cm³/mol. The van der Waals surface area contributed by atoms with Crippen LogP contribution >= 0.6 is 11.6 Å². The van der Waals surface area contributed by atoms with Crippen LogP contribution in [0.4, 0.5) is 0 Å². The molecule has 3 rings (SSSR count). The first kappa shape index (κ1) is 17.5. The van der Waals surface area contributed by atoms with Crippen LogP contribution in [0.1, 0.15) is 11.5 Å². The molecule has 25 heavy (non-hydrogen) atoms. The summed E-state index contributed by atoms with van der Waals surface area (Å²) in [5, 5.41) is 4.66. The van der Waals surface area contributed by atoms with Gasteiger partial charge in [-0.3, -0.25) is 4.90 Å². The van der Waals surface area contributed by atoms with Crippen molar-refractivity contribution in [3.05, 3.63) is 65.0 Å². The van der Waals surface area contributed by atoms with E-state index in [1.54, 1.807) is 0 Å². The standard InChI is InChI=1S/C19H20ClN3O2/c1-14-6-3-4-9-17(14)24-11-10-23(2)13-18-21-19(22-25-18)15-7-5-8-16(20)12-15/h3-9,12H,10-11,13H2,1-2H3. The van der Waals surface area contributed by atoms with Gasteiger partial charge < -0.3 is 9.26 Å². The smallest absolute Gasteiger partial charge is 0.241 e. The lowest BCUT2D eigenvalue weighted by Gasteiger charge is -2.15. The maximum absolute atomic E-state index is 6.00. The molecular weight excluding hydrogens is 338 g/mol. The van der Waals surface area contributed by atoms with Crippen molar-refractivity contribution in [2.24, 2.45) is 0 Å². The molecule has 0 radical (unpaired) electrons. The van der Waals surface area contributed by atoms with E-state index in [0.717, 1.165) is 23.4 Å². The van der Waals surface area contributed by atoms with E-state index in [9.17, 15) is 0 Å². The Morgan fingerprint density at radius 2 is 2.00 bits per heavy atom. The summed E-state index contributed by atoms with van der Waals surface area (Å²) < 4.78 is 11.1. The molecule has 0 aliphatic carbocycles. The summed E-state index contributed by atoms with van der Waals surface area (Å²) >= 11 is 6.00. The van der Waals surface area contributed by atoms with Crippen LogP contribution in [0.5, 0.6) is 5.75 Å². The van der Waals surface area contributed by atoms with Gasteiger partial charge in [0.25, 0.3) is 0 Å². The predicted octanol–water partition coefficient (Wildman–Crippen LogP) is 4.21. The van der Waals surface area contributed by atoms with Gasteiger partial charge in [0.1, 0.15) is 12.4 Å². The van der Waals surface area contributed by atoms with Gasteiger partial charge in [0.05, 0.1) is 6.54 Å². The molecule has 0 unspecified atom stereocenters. The molecule has 0 spiro atoms. The molecule has 1 aromatic heterocycles. The van der Waals surface area contributed by atoms with E-state index in [0.29, 0.717) is 29.9 Å². The highest BCUT2D eigenvalue weighted by molar-refractivity contribution is 6.30. The lowest BCUT2D eigenvalue weighted by Crippen LogP contribution is -2.24. The van der Waals surface area contributed by atoms with E-state index in [4.69, 9.17) is 20.9 Å². The zero-order chi connectivity index (χ0) is 17.6. The first-order chi connectivity index (χ1) is 12.1. The maximum atomic E-state index is 6.00. The molecule has 5 nitrogen and oxygen atoms in total. The van der Waals surface area contributed by atoms with Gasteiger partial charge in [0.15, 0.2) is 0 Å². The topological polar surface area (TPSA) is 51.4 Å². The van der Waals surface area contributed by atoms with Gasteiger partial charge in [-0.2, -0.15) is 4.98 Å². The molecule has 6 heteroatoms. The Morgan fingerprint density at radius 1 is 1.16 bits per heavy atom. The van der Waals surface area contributed by atoms with E-state index >= 15 is 0 Å². The zero-order valence-corrected chi connectivity index (χ0v) is 15.0. The number of nitrogens with zero attached hydrogens (tertiary/aromatic N) is 3. The summed E-state index contributed by atoms with van der Waals surface area (Å²) in [6.45, 7) is 3.94. The fourth-order valence-corrected chi connectivity index (χ4v) is 2.59. The van der Waals surface area contributed by atoms with Gasteiger partial charge in [-0.05, 0) is 37.7 Å². The van der Waals surface area contributed by atoms with E-state index in [1.165, 1.54) is 0 Å².